The Labute approximate surface area is 223 Å². The number of rotatable bonds is 4. The molecule has 5 heterocycles. The number of tetrazole rings is 1. The summed E-state index contributed by atoms with van der Waals surface area (Å²) in [5.41, 5.74) is -0.809. The molecule has 1 aromatic carbocycles. The van der Waals surface area contributed by atoms with Gasteiger partial charge in [-0.25, -0.2) is 23.8 Å². The smallest absolute Gasteiger partial charge is 0.247 e. The molecule has 2 atom stereocenters. The summed E-state index contributed by atoms with van der Waals surface area (Å²) in [6.07, 6.45) is 6.22. The summed E-state index contributed by atoms with van der Waals surface area (Å²) in [6.45, 7) is -3.19. The second-order valence-electron chi connectivity index (χ2n) is 8.65. The van der Waals surface area contributed by atoms with Crippen LogP contribution in [0.5, 0.6) is 0 Å². The number of hydrogen-bond donors (Lipinski definition) is 2. The van der Waals surface area contributed by atoms with Crippen molar-refractivity contribution in [3.05, 3.63) is 76.0 Å². The predicted molar refractivity (Wildman–Crippen MR) is 131 cm³/mol. The molecule has 0 spiro atoms. The SMILES string of the molecule is [2H]C([2H])(O)C1=C(F)/C(=C2\C=NC([C@@H]3CC[C@]4([2H])CC(c5c(-n6cnnn6)ccc(Cl)c5F)=CC(=O)N34)=N2)C=CN1O. The summed E-state index contributed by atoms with van der Waals surface area (Å²) in [4.78, 5) is 23.3. The normalized spacial score (nSPS) is 28.4. The molecule has 2 N–H and O–H groups in total. The van der Waals surface area contributed by atoms with Gasteiger partial charge in [0, 0.05) is 29.4 Å². The number of fused-ring (bicyclic) bond motifs is 1. The van der Waals surface area contributed by atoms with Gasteiger partial charge in [0.25, 0.3) is 0 Å². The zero-order chi connectivity index (χ0) is 29.3. The summed E-state index contributed by atoms with van der Waals surface area (Å²) in [6, 6.07) is 0.610. The van der Waals surface area contributed by atoms with Crippen molar-refractivity contribution < 1.29 is 28.0 Å². The van der Waals surface area contributed by atoms with Crippen molar-refractivity contribution in [2.45, 2.75) is 31.3 Å². The molecule has 0 unspecified atom stereocenters. The number of nitrogens with zero attached hydrogens (tertiary/aromatic N) is 8. The number of amidine groups is 1. The molecule has 0 saturated carbocycles. The van der Waals surface area contributed by atoms with E-state index >= 15 is 8.78 Å². The molecule has 38 heavy (non-hydrogen) atoms. The van der Waals surface area contributed by atoms with E-state index in [1.165, 1.54) is 40.3 Å². The zero-order valence-corrected chi connectivity index (χ0v) is 20.0. The second kappa shape index (κ2) is 9.35. The lowest BCUT2D eigenvalue weighted by Crippen LogP contribution is -2.45. The Balaban J connectivity index is 1.36. The molecule has 1 amide bonds. The fourth-order valence-electron chi connectivity index (χ4n) is 4.88. The van der Waals surface area contributed by atoms with Crippen LogP contribution in [0.2, 0.25) is 5.02 Å². The van der Waals surface area contributed by atoms with E-state index in [-0.39, 0.29) is 63.3 Å². The van der Waals surface area contributed by atoms with Crippen molar-refractivity contribution in [3.63, 3.8) is 0 Å². The fraction of sp³-hybridized carbons (Fsp3) is 0.250. The van der Waals surface area contributed by atoms with Gasteiger partial charge in [0.15, 0.2) is 17.5 Å². The fourth-order valence-corrected chi connectivity index (χ4v) is 5.03. The van der Waals surface area contributed by atoms with Crippen LogP contribution in [-0.2, 0) is 4.79 Å². The molecule has 194 valence electrons. The van der Waals surface area contributed by atoms with Crippen LogP contribution in [0, 0.1) is 5.82 Å². The van der Waals surface area contributed by atoms with Crippen molar-refractivity contribution in [2.75, 3.05) is 6.56 Å². The number of benzene rings is 1. The molecule has 2 aromatic rings. The summed E-state index contributed by atoms with van der Waals surface area (Å²) < 4.78 is 55.7. The number of carbonyl (C=O) groups is 1. The molecule has 4 aliphatic rings. The van der Waals surface area contributed by atoms with Gasteiger partial charge in [-0.2, -0.15) is 4.68 Å². The van der Waals surface area contributed by atoms with Crippen molar-refractivity contribution in [3.8, 4) is 5.69 Å². The van der Waals surface area contributed by atoms with E-state index < -0.39 is 41.9 Å². The standard InChI is InChI=1S/C24H19ClF2N8O3/c25-15-2-4-17(33-11-29-31-32-33)21(23(15)27)12-7-13-1-3-18(35(13)20(37)8-12)24-28-9-16(30-24)14-5-6-34(38)19(10-36)22(14)26/h2,4-6,8-9,11,13,18,36,38H,1,3,7,10H2/b16-14+/t13-,18+/m1/s1/i10D2,13D. The molecule has 4 aliphatic heterocycles. The van der Waals surface area contributed by atoms with Gasteiger partial charge in [-0.15, -0.1) is 5.10 Å². The lowest BCUT2D eigenvalue weighted by molar-refractivity contribution is -0.128. The Morgan fingerprint density at radius 3 is 2.89 bits per heavy atom. The number of hydroxylamine groups is 2. The lowest BCUT2D eigenvalue weighted by Gasteiger charge is -2.33. The highest BCUT2D eigenvalue weighted by atomic mass is 35.5. The highest BCUT2D eigenvalue weighted by molar-refractivity contribution is 6.31. The second-order valence-corrected chi connectivity index (χ2v) is 9.05. The van der Waals surface area contributed by atoms with Gasteiger partial charge in [-0.1, -0.05) is 11.6 Å². The molecule has 1 aromatic heterocycles. The van der Waals surface area contributed by atoms with Gasteiger partial charge in [0.05, 0.1) is 39.3 Å². The summed E-state index contributed by atoms with van der Waals surface area (Å²) in [5, 5.41) is 30.4. The van der Waals surface area contributed by atoms with Crippen molar-refractivity contribution >= 4 is 35.1 Å². The molecule has 1 fully saturated rings. The number of hydrogen-bond acceptors (Lipinski definition) is 9. The van der Waals surface area contributed by atoms with Crippen LogP contribution in [0.4, 0.5) is 8.78 Å². The minimum absolute atomic E-state index is 0.0000481. The molecule has 14 heteroatoms. The van der Waals surface area contributed by atoms with Crippen LogP contribution in [0.15, 0.2) is 69.6 Å². The summed E-state index contributed by atoms with van der Waals surface area (Å²) in [7, 11) is 0. The van der Waals surface area contributed by atoms with E-state index in [4.69, 9.17) is 15.7 Å². The van der Waals surface area contributed by atoms with E-state index in [0.29, 0.717) is 0 Å². The molecule has 0 radical (unpaired) electrons. The monoisotopic (exact) mass is 543 g/mol. The van der Waals surface area contributed by atoms with Crippen molar-refractivity contribution in [2.24, 2.45) is 9.98 Å². The Kier molecular flexibility index (Phi) is 5.15. The number of aromatic nitrogens is 4. The minimum Gasteiger partial charge on any atom is -0.390 e. The molecule has 0 bridgehead atoms. The number of amides is 1. The van der Waals surface area contributed by atoms with Crippen LogP contribution in [0.25, 0.3) is 11.3 Å². The minimum atomic E-state index is -3.19. The van der Waals surface area contributed by atoms with E-state index in [2.05, 4.69) is 25.5 Å². The van der Waals surface area contributed by atoms with Crippen LogP contribution in [0.3, 0.4) is 0 Å². The number of allylic oxidation sites excluding steroid dienone is 4. The van der Waals surface area contributed by atoms with Crippen LogP contribution >= 0.6 is 11.6 Å². The maximum Gasteiger partial charge on any atom is 0.247 e. The quantitative estimate of drug-likeness (QED) is 0.606. The molecule has 6 rings (SSSR count). The topological polar surface area (TPSA) is 132 Å². The first kappa shape index (κ1) is 20.9. The first-order valence-electron chi connectivity index (χ1n) is 12.8. The molecule has 0 aliphatic carbocycles. The molecule has 1 saturated heterocycles. The van der Waals surface area contributed by atoms with Crippen molar-refractivity contribution in [1.29, 1.82) is 0 Å². The zero-order valence-electron chi connectivity index (χ0n) is 22.3. The van der Waals surface area contributed by atoms with Crippen LogP contribution < -0.4 is 0 Å². The number of carbonyl (C=O) groups excluding carboxylic acids is 1. The van der Waals surface area contributed by atoms with Gasteiger partial charge >= 0.3 is 0 Å². The maximum atomic E-state index is 15.4. The van der Waals surface area contributed by atoms with Gasteiger partial charge in [-0.05, 0) is 53.5 Å². The maximum absolute atomic E-state index is 15.4. The van der Waals surface area contributed by atoms with Gasteiger partial charge in [0.2, 0.25) is 5.91 Å². The van der Waals surface area contributed by atoms with Gasteiger partial charge < -0.3 is 10.0 Å². The summed E-state index contributed by atoms with van der Waals surface area (Å²) >= 11 is 6.06. The van der Waals surface area contributed by atoms with E-state index in [0.717, 1.165) is 12.3 Å². The highest BCUT2D eigenvalue weighted by Crippen LogP contribution is 2.41. The Bertz CT molecular complexity index is 1670. The van der Waals surface area contributed by atoms with Gasteiger partial charge in [0.1, 0.15) is 12.0 Å². The average molecular weight is 544 g/mol. The Morgan fingerprint density at radius 1 is 1.29 bits per heavy atom. The number of halogens is 3. The average Bonchev–Trinajstić information content (AvgIpc) is 3.65. The first-order chi connectivity index (χ1) is 19.4. The lowest BCUT2D eigenvalue weighted by atomic mass is 9.92. The molecule has 11 nitrogen and oxygen atoms in total. The Morgan fingerprint density at radius 2 is 2.13 bits per heavy atom. The van der Waals surface area contributed by atoms with Crippen molar-refractivity contribution in [1.82, 2.24) is 30.2 Å². The number of aliphatic imine (C=N–C) groups is 2. The number of aliphatic hydroxyl groups is 1. The third-order valence-corrected chi connectivity index (χ3v) is 6.86. The molecular weight excluding hydrogens is 522 g/mol. The third kappa shape index (κ3) is 3.86. The largest absolute Gasteiger partial charge is 0.390 e. The van der Waals surface area contributed by atoms with Gasteiger partial charge in [-0.3, -0.25) is 10.0 Å². The van der Waals surface area contributed by atoms with E-state index in [1.54, 1.807) is 0 Å². The summed E-state index contributed by atoms with van der Waals surface area (Å²) in [5.74, 6) is -2.50. The third-order valence-electron chi connectivity index (χ3n) is 6.57. The van der Waals surface area contributed by atoms with Crippen LogP contribution in [-0.4, -0.2) is 77.1 Å². The highest BCUT2D eigenvalue weighted by Gasteiger charge is 2.43. The van der Waals surface area contributed by atoms with Crippen LogP contribution in [0.1, 0.15) is 28.9 Å². The predicted octanol–water partition coefficient (Wildman–Crippen LogP) is 2.73. The first-order valence-corrected chi connectivity index (χ1v) is 11.7. The van der Waals surface area contributed by atoms with E-state index in [1.807, 2.05) is 0 Å². The van der Waals surface area contributed by atoms with E-state index in [9.17, 15) is 15.1 Å². The molecular formula is C24H19ClF2N8O3. The Hall–Kier alpha value is -4.07.